The van der Waals surface area contributed by atoms with Crippen LogP contribution in [0.5, 0.6) is 0 Å². The molecular weight excluding hydrogens is 238 g/mol. The Labute approximate surface area is 112 Å². The number of rotatable bonds is 1. The summed E-state index contributed by atoms with van der Waals surface area (Å²) in [7, 11) is 0. The number of benzene rings is 1. The van der Waals surface area contributed by atoms with Crippen molar-refractivity contribution < 1.29 is 4.79 Å². The topological polar surface area (TPSA) is 59.2 Å². The van der Waals surface area contributed by atoms with Crippen LogP contribution in [0.1, 0.15) is 23.2 Å². The minimum Gasteiger partial charge on any atom is -0.339 e. The Morgan fingerprint density at radius 2 is 2.00 bits per heavy atom. The molecule has 1 aliphatic rings. The molecule has 98 valence electrons. The number of aromatic nitrogens is 1. The predicted octanol–water partition coefficient (Wildman–Crippen LogP) is 1.80. The molecule has 4 nitrogen and oxygen atoms in total. The van der Waals surface area contributed by atoms with Gasteiger partial charge in [-0.25, -0.2) is 0 Å². The van der Waals surface area contributed by atoms with Crippen LogP contribution in [0.25, 0.3) is 10.9 Å². The average molecular weight is 255 g/mol. The predicted molar refractivity (Wildman–Crippen MR) is 74.9 cm³/mol. The van der Waals surface area contributed by atoms with Crippen molar-refractivity contribution in [3.63, 3.8) is 0 Å². The molecule has 1 aromatic heterocycles. The van der Waals surface area contributed by atoms with E-state index in [0.717, 1.165) is 42.4 Å². The summed E-state index contributed by atoms with van der Waals surface area (Å²) in [6.07, 6.45) is 3.51. The molecule has 2 aromatic rings. The molecular formula is C15H17N3O. The number of carbonyl (C=O) groups excluding carboxylic acids is 1. The van der Waals surface area contributed by atoms with E-state index in [1.165, 1.54) is 0 Å². The van der Waals surface area contributed by atoms with Crippen molar-refractivity contribution in [1.29, 1.82) is 0 Å². The van der Waals surface area contributed by atoms with Crippen molar-refractivity contribution in [2.24, 2.45) is 5.73 Å². The molecule has 1 aromatic carbocycles. The highest BCUT2D eigenvalue weighted by molar-refractivity contribution is 6.06. The quantitative estimate of drug-likeness (QED) is 0.845. The van der Waals surface area contributed by atoms with E-state index in [9.17, 15) is 4.79 Å². The van der Waals surface area contributed by atoms with E-state index in [-0.39, 0.29) is 11.9 Å². The van der Waals surface area contributed by atoms with Crippen LogP contribution in [0.3, 0.4) is 0 Å². The van der Waals surface area contributed by atoms with Gasteiger partial charge in [0, 0.05) is 36.3 Å². The molecule has 1 fully saturated rings. The van der Waals surface area contributed by atoms with Crippen LogP contribution in [0.15, 0.2) is 36.5 Å². The minimum absolute atomic E-state index is 0.0884. The molecule has 19 heavy (non-hydrogen) atoms. The van der Waals surface area contributed by atoms with Gasteiger partial charge in [-0.2, -0.15) is 0 Å². The lowest BCUT2D eigenvalue weighted by atomic mass is 10.0. The summed E-state index contributed by atoms with van der Waals surface area (Å²) in [5.74, 6) is 0.0884. The minimum atomic E-state index is 0.0884. The van der Waals surface area contributed by atoms with Gasteiger partial charge in [0.15, 0.2) is 0 Å². The third-order valence-electron chi connectivity index (χ3n) is 3.70. The molecule has 1 saturated heterocycles. The molecule has 0 spiro atoms. The van der Waals surface area contributed by atoms with Gasteiger partial charge in [0.25, 0.3) is 5.91 Å². The number of nitrogens with two attached hydrogens (primary N) is 1. The molecule has 0 bridgehead atoms. The zero-order valence-electron chi connectivity index (χ0n) is 10.7. The highest BCUT2D eigenvalue weighted by Gasteiger charge is 2.22. The Kier molecular flexibility index (Phi) is 3.17. The normalized spacial score (nSPS) is 16.8. The van der Waals surface area contributed by atoms with Gasteiger partial charge in [-0.05, 0) is 31.0 Å². The summed E-state index contributed by atoms with van der Waals surface area (Å²) in [6.45, 7) is 1.49. The van der Waals surface area contributed by atoms with E-state index in [4.69, 9.17) is 5.73 Å². The number of fused-ring (bicyclic) bond motifs is 1. The number of carbonyl (C=O) groups is 1. The van der Waals surface area contributed by atoms with Crippen LogP contribution in [0.4, 0.5) is 0 Å². The molecule has 2 heterocycles. The number of pyridine rings is 1. The fourth-order valence-electron chi connectivity index (χ4n) is 2.56. The fourth-order valence-corrected chi connectivity index (χ4v) is 2.56. The molecule has 3 rings (SSSR count). The third-order valence-corrected chi connectivity index (χ3v) is 3.70. The van der Waals surface area contributed by atoms with E-state index >= 15 is 0 Å². The van der Waals surface area contributed by atoms with Gasteiger partial charge in [-0.3, -0.25) is 9.78 Å². The molecule has 0 unspecified atom stereocenters. The van der Waals surface area contributed by atoms with Crippen LogP contribution in [-0.2, 0) is 0 Å². The molecule has 2 N–H and O–H groups in total. The van der Waals surface area contributed by atoms with Gasteiger partial charge >= 0.3 is 0 Å². The summed E-state index contributed by atoms with van der Waals surface area (Å²) < 4.78 is 0. The lowest BCUT2D eigenvalue weighted by Crippen LogP contribution is -2.42. The van der Waals surface area contributed by atoms with E-state index in [0.29, 0.717) is 0 Å². The molecule has 0 aliphatic carbocycles. The number of hydrogen-bond acceptors (Lipinski definition) is 3. The van der Waals surface area contributed by atoms with Gasteiger partial charge in [0.2, 0.25) is 0 Å². The molecule has 0 atom stereocenters. The first-order valence-corrected chi connectivity index (χ1v) is 6.64. The monoisotopic (exact) mass is 255 g/mol. The average Bonchev–Trinajstić information content (AvgIpc) is 2.47. The van der Waals surface area contributed by atoms with Crippen molar-refractivity contribution in [3.8, 4) is 0 Å². The maximum absolute atomic E-state index is 12.6. The van der Waals surface area contributed by atoms with Crippen molar-refractivity contribution in [3.05, 3.63) is 42.1 Å². The first-order valence-electron chi connectivity index (χ1n) is 6.64. The second-order valence-electron chi connectivity index (χ2n) is 5.01. The van der Waals surface area contributed by atoms with Crippen molar-refractivity contribution >= 4 is 16.8 Å². The highest BCUT2D eigenvalue weighted by atomic mass is 16.2. The lowest BCUT2D eigenvalue weighted by Gasteiger charge is -2.30. The van der Waals surface area contributed by atoms with Crippen LogP contribution in [-0.4, -0.2) is 34.9 Å². The Hall–Kier alpha value is -1.94. The second kappa shape index (κ2) is 4.97. The first-order chi connectivity index (χ1) is 9.25. The summed E-state index contributed by atoms with van der Waals surface area (Å²) in [5.41, 5.74) is 7.48. The maximum Gasteiger partial charge on any atom is 0.254 e. The molecule has 0 radical (unpaired) electrons. The Morgan fingerprint density at radius 3 is 2.79 bits per heavy atom. The Morgan fingerprint density at radius 1 is 1.21 bits per heavy atom. The van der Waals surface area contributed by atoms with E-state index in [1.807, 2.05) is 35.2 Å². The lowest BCUT2D eigenvalue weighted by molar-refractivity contribution is 0.0717. The largest absolute Gasteiger partial charge is 0.339 e. The van der Waals surface area contributed by atoms with Crippen LogP contribution < -0.4 is 5.73 Å². The first kappa shape index (κ1) is 12.1. The molecule has 4 heteroatoms. The van der Waals surface area contributed by atoms with Crippen molar-refractivity contribution in [2.45, 2.75) is 18.9 Å². The third kappa shape index (κ3) is 2.31. The number of likely N-dealkylation sites (tertiary alicyclic amines) is 1. The van der Waals surface area contributed by atoms with Gasteiger partial charge in [0.05, 0.1) is 5.52 Å². The highest BCUT2D eigenvalue weighted by Crippen LogP contribution is 2.20. The van der Waals surface area contributed by atoms with Crippen molar-refractivity contribution in [2.75, 3.05) is 13.1 Å². The summed E-state index contributed by atoms with van der Waals surface area (Å²) in [4.78, 5) is 18.8. The Balaban J connectivity index is 1.93. The summed E-state index contributed by atoms with van der Waals surface area (Å²) >= 11 is 0. The Bertz CT molecular complexity index is 598. The zero-order chi connectivity index (χ0) is 13.2. The SMILES string of the molecule is NC1CCN(C(=O)c2cccc3ncccc23)CC1. The van der Waals surface area contributed by atoms with E-state index in [1.54, 1.807) is 6.20 Å². The van der Waals surface area contributed by atoms with Crippen molar-refractivity contribution in [1.82, 2.24) is 9.88 Å². The van der Waals surface area contributed by atoms with Crippen LogP contribution >= 0.6 is 0 Å². The number of nitrogens with zero attached hydrogens (tertiary/aromatic N) is 2. The smallest absolute Gasteiger partial charge is 0.254 e. The van der Waals surface area contributed by atoms with Crippen LogP contribution in [0, 0.1) is 0 Å². The van der Waals surface area contributed by atoms with Gasteiger partial charge in [0.1, 0.15) is 0 Å². The number of hydrogen-bond donors (Lipinski definition) is 1. The molecule has 0 saturated carbocycles. The summed E-state index contributed by atoms with van der Waals surface area (Å²) in [5, 5.41) is 0.921. The standard InChI is InChI=1S/C15H17N3O/c16-11-6-9-18(10-7-11)15(19)13-3-1-5-14-12(13)4-2-8-17-14/h1-5,8,11H,6-7,9-10,16H2. The molecule has 1 amide bonds. The fraction of sp³-hybridized carbons (Fsp3) is 0.333. The van der Waals surface area contributed by atoms with Gasteiger partial charge in [-0.15, -0.1) is 0 Å². The number of amides is 1. The zero-order valence-corrected chi connectivity index (χ0v) is 10.7. The second-order valence-corrected chi connectivity index (χ2v) is 5.01. The van der Waals surface area contributed by atoms with Crippen LogP contribution in [0.2, 0.25) is 0 Å². The summed E-state index contributed by atoms with van der Waals surface area (Å²) in [6, 6.07) is 9.74. The number of piperidine rings is 1. The van der Waals surface area contributed by atoms with Gasteiger partial charge < -0.3 is 10.6 Å². The van der Waals surface area contributed by atoms with E-state index < -0.39 is 0 Å². The maximum atomic E-state index is 12.6. The molecule has 1 aliphatic heterocycles. The van der Waals surface area contributed by atoms with E-state index in [2.05, 4.69) is 4.98 Å². The van der Waals surface area contributed by atoms with Gasteiger partial charge in [-0.1, -0.05) is 12.1 Å².